The first-order chi connectivity index (χ1) is 7.13. The van der Waals surface area contributed by atoms with E-state index in [9.17, 15) is 0 Å². The molecule has 0 N–H and O–H groups in total. The zero-order chi connectivity index (χ0) is 10.9. The fourth-order valence-electron chi connectivity index (χ4n) is 2.22. The summed E-state index contributed by atoms with van der Waals surface area (Å²) in [4.78, 5) is 2.22. The van der Waals surface area contributed by atoms with Gasteiger partial charge in [0, 0.05) is 12.5 Å². The summed E-state index contributed by atoms with van der Waals surface area (Å²) in [5, 5.41) is 0. The van der Waals surface area contributed by atoms with Crippen molar-refractivity contribution < 1.29 is 4.74 Å². The standard InChI is InChI=1S/C13H19NO/c1-11-9-14(3)10-15-13(11,2)12-7-5-4-6-8-12/h4-8,11H,9-10H2,1-3H3/t11-,13+/m1/s1. The van der Waals surface area contributed by atoms with Gasteiger partial charge in [0.2, 0.25) is 0 Å². The van der Waals surface area contributed by atoms with Gasteiger partial charge in [-0.05, 0) is 19.5 Å². The molecule has 1 aliphatic heterocycles. The molecule has 0 aromatic heterocycles. The summed E-state index contributed by atoms with van der Waals surface area (Å²) in [5.41, 5.74) is 1.15. The Morgan fingerprint density at radius 2 is 2.00 bits per heavy atom. The van der Waals surface area contributed by atoms with Crippen molar-refractivity contribution >= 4 is 0 Å². The molecule has 1 aromatic rings. The van der Waals surface area contributed by atoms with Crippen molar-refractivity contribution in [2.75, 3.05) is 20.3 Å². The molecule has 2 heteroatoms. The summed E-state index contributed by atoms with van der Waals surface area (Å²) >= 11 is 0. The minimum atomic E-state index is -0.131. The normalized spacial score (nSPS) is 32.9. The highest BCUT2D eigenvalue weighted by molar-refractivity contribution is 5.23. The molecule has 0 radical (unpaired) electrons. The Bertz CT molecular complexity index is 325. The Morgan fingerprint density at radius 1 is 1.33 bits per heavy atom. The highest BCUT2D eigenvalue weighted by Gasteiger charge is 2.38. The molecule has 0 bridgehead atoms. The van der Waals surface area contributed by atoms with Crippen molar-refractivity contribution in [1.29, 1.82) is 0 Å². The van der Waals surface area contributed by atoms with Gasteiger partial charge in [0.15, 0.2) is 0 Å². The second-order valence-electron chi connectivity index (χ2n) is 4.69. The van der Waals surface area contributed by atoms with Crippen LogP contribution < -0.4 is 0 Å². The molecule has 0 unspecified atom stereocenters. The minimum absolute atomic E-state index is 0.131. The third-order valence-electron chi connectivity index (χ3n) is 3.46. The van der Waals surface area contributed by atoms with Gasteiger partial charge in [0.1, 0.15) is 0 Å². The van der Waals surface area contributed by atoms with Gasteiger partial charge in [0.05, 0.1) is 12.3 Å². The molecule has 82 valence electrons. The number of hydrogen-bond donors (Lipinski definition) is 0. The molecular weight excluding hydrogens is 186 g/mol. The molecule has 2 nitrogen and oxygen atoms in total. The van der Waals surface area contributed by atoms with Crippen molar-refractivity contribution in [3.8, 4) is 0 Å². The Balaban J connectivity index is 2.27. The monoisotopic (exact) mass is 205 g/mol. The van der Waals surface area contributed by atoms with Crippen LogP contribution in [0.1, 0.15) is 19.4 Å². The van der Waals surface area contributed by atoms with Crippen molar-refractivity contribution in [2.45, 2.75) is 19.4 Å². The van der Waals surface area contributed by atoms with Gasteiger partial charge < -0.3 is 4.74 Å². The van der Waals surface area contributed by atoms with Crippen LogP contribution in [0.4, 0.5) is 0 Å². The summed E-state index contributed by atoms with van der Waals surface area (Å²) in [6.45, 7) is 6.25. The molecule has 15 heavy (non-hydrogen) atoms. The first-order valence-electron chi connectivity index (χ1n) is 5.51. The van der Waals surface area contributed by atoms with Gasteiger partial charge in [-0.1, -0.05) is 37.3 Å². The maximum absolute atomic E-state index is 6.00. The lowest BCUT2D eigenvalue weighted by atomic mass is 9.82. The summed E-state index contributed by atoms with van der Waals surface area (Å²) in [6, 6.07) is 10.5. The van der Waals surface area contributed by atoms with Crippen molar-refractivity contribution in [3.63, 3.8) is 0 Å². The van der Waals surface area contributed by atoms with Crippen LogP contribution in [0.25, 0.3) is 0 Å². The summed E-state index contributed by atoms with van der Waals surface area (Å²) in [6.07, 6.45) is 0. The predicted molar refractivity (Wildman–Crippen MR) is 61.5 cm³/mol. The number of nitrogens with zero attached hydrogens (tertiary/aromatic N) is 1. The van der Waals surface area contributed by atoms with Crippen molar-refractivity contribution in [1.82, 2.24) is 4.90 Å². The lowest BCUT2D eigenvalue weighted by molar-refractivity contribution is -0.158. The van der Waals surface area contributed by atoms with Crippen LogP contribution in [0.2, 0.25) is 0 Å². The molecular formula is C13H19NO. The third kappa shape index (κ3) is 1.92. The van der Waals surface area contributed by atoms with E-state index in [4.69, 9.17) is 4.74 Å². The smallest absolute Gasteiger partial charge is 0.1000 e. The first kappa shape index (κ1) is 10.7. The van der Waals surface area contributed by atoms with E-state index < -0.39 is 0 Å². The molecule has 0 aliphatic carbocycles. The molecule has 2 atom stereocenters. The minimum Gasteiger partial charge on any atom is -0.355 e. The van der Waals surface area contributed by atoms with Gasteiger partial charge in [-0.3, -0.25) is 4.90 Å². The van der Waals surface area contributed by atoms with E-state index in [1.54, 1.807) is 0 Å². The van der Waals surface area contributed by atoms with Crippen LogP contribution in [-0.2, 0) is 10.3 Å². The van der Waals surface area contributed by atoms with Crippen molar-refractivity contribution in [2.24, 2.45) is 5.92 Å². The lowest BCUT2D eigenvalue weighted by Crippen LogP contribution is -2.47. The fourth-order valence-corrected chi connectivity index (χ4v) is 2.22. The summed E-state index contributed by atoms with van der Waals surface area (Å²) in [5.74, 6) is 0.513. The van der Waals surface area contributed by atoms with E-state index in [0.29, 0.717) is 5.92 Å². The van der Waals surface area contributed by atoms with E-state index in [1.807, 2.05) is 6.07 Å². The van der Waals surface area contributed by atoms with Gasteiger partial charge in [-0.15, -0.1) is 0 Å². The number of benzene rings is 1. The number of hydrogen-bond acceptors (Lipinski definition) is 2. The Labute approximate surface area is 91.9 Å². The number of rotatable bonds is 1. The molecule has 1 saturated heterocycles. The molecule has 0 amide bonds. The zero-order valence-corrected chi connectivity index (χ0v) is 9.73. The predicted octanol–water partition coefficient (Wildman–Crippen LogP) is 2.46. The first-order valence-corrected chi connectivity index (χ1v) is 5.51. The molecule has 1 heterocycles. The van der Waals surface area contributed by atoms with Crippen LogP contribution >= 0.6 is 0 Å². The van der Waals surface area contributed by atoms with E-state index in [0.717, 1.165) is 13.3 Å². The van der Waals surface area contributed by atoms with Crippen LogP contribution in [0.3, 0.4) is 0 Å². The molecule has 0 saturated carbocycles. The Hall–Kier alpha value is -0.860. The van der Waals surface area contributed by atoms with Crippen molar-refractivity contribution in [3.05, 3.63) is 35.9 Å². The van der Waals surface area contributed by atoms with E-state index in [1.165, 1.54) is 5.56 Å². The van der Waals surface area contributed by atoms with E-state index >= 15 is 0 Å². The molecule has 1 aromatic carbocycles. The highest BCUT2D eigenvalue weighted by atomic mass is 16.5. The maximum Gasteiger partial charge on any atom is 0.1000 e. The Kier molecular flexibility index (Phi) is 2.81. The summed E-state index contributed by atoms with van der Waals surface area (Å²) < 4.78 is 6.00. The topological polar surface area (TPSA) is 12.5 Å². The SMILES string of the molecule is C[C@@H]1CN(C)CO[C@]1(C)c1ccccc1. The van der Waals surface area contributed by atoms with E-state index in [-0.39, 0.29) is 5.60 Å². The largest absolute Gasteiger partial charge is 0.355 e. The van der Waals surface area contributed by atoms with Gasteiger partial charge in [-0.25, -0.2) is 0 Å². The average molecular weight is 205 g/mol. The third-order valence-corrected chi connectivity index (χ3v) is 3.46. The molecule has 1 aliphatic rings. The zero-order valence-electron chi connectivity index (χ0n) is 9.73. The highest BCUT2D eigenvalue weighted by Crippen LogP contribution is 2.36. The number of ether oxygens (including phenoxy) is 1. The van der Waals surface area contributed by atoms with Crippen LogP contribution in [-0.4, -0.2) is 25.2 Å². The average Bonchev–Trinajstić information content (AvgIpc) is 2.25. The van der Waals surface area contributed by atoms with Crippen LogP contribution in [0.15, 0.2) is 30.3 Å². The lowest BCUT2D eigenvalue weighted by Gasteiger charge is -2.43. The van der Waals surface area contributed by atoms with E-state index in [2.05, 4.69) is 50.1 Å². The van der Waals surface area contributed by atoms with Crippen LogP contribution in [0.5, 0.6) is 0 Å². The van der Waals surface area contributed by atoms with Crippen LogP contribution in [0, 0.1) is 5.92 Å². The maximum atomic E-state index is 6.00. The summed E-state index contributed by atoms with van der Waals surface area (Å²) in [7, 11) is 2.10. The van der Waals surface area contributed by atoms with Gasteiger partial charge in [-0.2, -0.15) is 0 Å². The molecule has 1 fully saturated rings. The van der Waals surface area contributed by atoms with Gasteiger partial charge in [0.25, 0.3) is 0 Å². The second kappa shape index (κ2) is 3.95. The quantitative estimate of drug-likeness (QED) is 0.698. The fraction of sp³-hybridized carbons (Fsp3) is 0.538. The second-order valence-corrected chi connectivity index (χ2v) is 4.69. The molecule has 0 spiro atoms. The molecule has 2 rings (SSSR count). The van der Waals surface area contributed by atoms with Gasteiger partial charge >= 0.3 is 0 Å². The Morgan fingerprint density at radius 3 is 2.60 bits per heavy atom.